The Labute approximate surface area is 467 Å². The van der Waals surface area contributed by atoms with Gasteiger partial charge in [-0.2, -0.15) is 5.10 Å². The van der Waals surface area contributed by atoms with Crippen molar-refractivity contribution in [3.63, 3.8) is 0 Å². The summed E-state index contributed by atoms with van der Waals surface area (Å²) in [5.41, 5.74) is 18.5. The zero-order valence-electron chi connectivity index (χ0n) is 45.0. The van der Waals surface area contributed by atoms with Gasteiger partial charge < -0.3 is 21.0 Å². The number of aromatic amines is 3. The molecule has 1 aromatic carbocycles. The maximum absolute atomic E-state index is 16.0. The van der Waals surface area contributed by atoms with E-state index in [9.17, 15) is 0 Å². The third kappa shape index (κ3) is 12.2. The molecule has 0 atom stereocenters. The molecule has 0 spiro atoms. The predicted molar refractivity (Wildman–Crippen MR) is 318 cm³/mol. The summed E-state index contributed by atoms with van der Waals surface area (Å²) in [6.07, 6.45) is 32.6. The number of aromatic nitrogens is 13. The molecule has 404 valence electrons. The van der Waals surface area contributed by atoms with Crippen molar-refractivity contribution < 1.29 is 8.78 Å². The SMILES string of the molecule is C#C.C=C/C(=C\C(=C/C)c1ncc(N)c(Cc2nc3c(-c4cccnc4)nccc3[nH]2)c1F)NC(=C)c1ccccc1.CC.Fc1c(-c2cncc(CN3CCCC3)c2)ncc2[nH]nc(-c3nc4c(-c5cccnc5)nccc4[nH]3)c12. The second-order valence-electron chi connectivity index (χ2n) is 18.3. The number of fused-ring (bicyclic) bond motifs is 3. The first-order chi connectivity index (χ1) is 39.7. The van der Waals surface area contributed by atoms with Gasteiger partial charge in [0.15, 0.2) is 17.5 Å². The van der Waals surface area contributed by atoms with Gasteiger partial charge in [-0.1, -0.05) is 63.4 Å². The van der Waals surface area contributed by atoms with Crippen LogP contribution in [0.5, 0.6) is 0 Å². The fraction of sp³-hybridized carbons (Fsp3) is 0.143. The third-order valence-corrected chi connectivity index (χ3v) is 13.2. The highest BCUT2D eigenvalue weighted by Crippen LogP contribution is 2.35. The van der Waals surface area contributed by atoms with Crippen molar-refractivity contribution >= 4 is 49.9 Å². The summed E-state index contributed by atoms with van der Waals surface area (Å²) in [4.78, 5) is 48.9. The molecular weight excluding hydrogens is 1020 g/mol. The number of anilines is 1. The molecule has 6 N–H and O–H groups in total. The van der Waals surface area contributed by atoms with Gasteiger partial charge in [-0.25, -0.2) is 18.7 Å². The molecule has 18 heteroatoms. The molecule has 1 saturated heterocycles. The van der Waals surface area contributed by atoms with Crippen molar-refractivity contribution in [1.82, 2.24) is 75.2 Å². The molecule has 0 radical (unpaired) electrons. The largest absolute Gasteiger partial charge is 0.397 e. The van der Waals surface area contributed by atoms with Gasteiger partial charge in [0.25, 0.3) is 0 Å². The number of likely N-dealkylation sites (tertiary alicyclic amines) is 1. The topological polar surface area (TPSA) is 218 Å². The lowest BCUT2D eigenvalue weighted by Crippen LogP contribution is -2.18. The highest BCUT2D eigenvalue weighted by molar-refractivity contribution is 5.97. The highest BCUT2D eigenvalue weighted by Gasteiger charge is 2.23. The van der Waals surface area contributed by atoms with Crippen LogP contribution in [0.2, 0.25) is 0 Å². The lowest BCUT2D eigenvalue weighted by Gasteiger charge is -2.14. The number of nitrogens with two attached hydrogens (primary N) is 1. The van der Waals surface area contributed by atoms with E-state index in [-0.39, 0.29) is 23.5 Å². The van der Waals surface area contributed by atoms with Gasteiger partial charge in [-0.3, -0.25) is 44.9 Å². The summed E-state index contributed by atoms with van der Waals surface area (Å²) in [6.45, 7) is 16.8. The van der Waals surface area contributed by atoms with Crippen molar-refractivity contribution in [3.05, 3.63) is 212 Å². The Balaban J connectivity index is 0.000000185. The summed E-state index contributed by atoms with van der Waals surface area (Å²) in [7, 11) is 0. The quantitative estimate of drug-likeness (QED) is 0.0506. The maximum Gasteiger partial charge on any atom is 0.161 e. The summed E-state index contributed by atoms with van der Waals surface area (Å²) in [5, 5.41) is 10.9. The molecule has 0 amide bonds. The molecule has 0 bridgehead atoms. The van der Waals surface area contributed by atoms with Crippen LogP contribution in [0.25, 0.3) is 89.5 Å². The molecule has 11 heterocycles. The maximum atomic E-state index is 16.0. The normalized spacial score (nSPS) is 12.5. The lowest BCUT2D eigenvalue weighted by atomic mass is 10.0. The van der Waals surface area contributed by atoms with Crippen molar-refractivity contribution in [2.75, 3.05) is 18.8 Å². The molecule has 0 aliphatic carbocycles. The van der Waals surface area contributed by atoms with Crippen molar-refractivity contribution in [2.24, 2.45) is 0 Å². The number of nitrogen functional groups attached to an aromatic ring is 1. The van der Waals surface area contributed by atoms with Crippen LogP contribution in [-0.2, 0) is 13.0 Å². The first kappa shape index (κ1) is 55.4. The standard InChI is InChI=1S/C32H28FN7.C27H22FN9.C2H6.C2H2/c1-4-21(16-24(5-2)38-20(3)22-10-7-6-8-11-22)30-29(33)25(26(34)19-37-30)17-28-39-27-13-15-36-31(32(27)40-28)23-12-9-14-35-18-23;28-22-21-20(14-32-23(22)18-10-16(11-30-13-18)15-37-8-1-2-9-37)35-36-26(21)27-33-19-5-7-31-24(25(19)34-27)17-4-3-6-29-12-17;2*1-2/h4-16,18-19,38H,2-3,17,34H2,1H3,(H,39,40);3-7,10-14H,1-2,8-9,15H2,(H,33,34)(H,35,36);1-2H3;1-2H/b21-4+,24-16+;;;. The van der Waals surface area contributed by atoms with Gasteiger partial charge >= 0.3 is 0 Å². The first-order valence-corrected chi connectivity index (χ1v) is 26.2. The molecule has 0 unspecified atom stereocenters. The van der Waals surface area contributed by atoms with Gasteiger partial charge in [-0.05, 0) is 98.6 Å². The van der Waals surface area contributed by atoms with Crippen LogP contribution < -0.4 is 11.1 Å². The number of nitrogens with zero attached hydrogens (tertiary/aromatic N) is 11. The van der Waals surface area contributed by atoms with Crippen molar-refractivity contribution in [2.45, 2.75) is 46.6 Å². The number of nitrogens with one attached hydrogen (secondary N) is 4. The molecule has 12 rings (SSSR count). The van der Waals surface area contributed by atoms with E-state index in [1.54, 1.807) is 67.8 Å². The average molecular weight is 1080 g/mol. The summed E-state index contributed by atoms with van der Waals surface area (Å²) < 4.78 is 32.0. The molecule has 1 aliphatic heterocycles. The predicted octanol–water partition coefficient (Wildman–Crippen LogP) is 12.5. The lowest BCUT2D eigenvalue weighted by molar-refractivity contribution is 0.331. The third-order valence-electron chi connectivity index (χ3n) is 13.2. The second kappa shape index (κ2) is 25.8. The van der Waals surface area contributed by atoms with Gasteiger partial charge in [0.2, 0.25) is 0 Å². The van der Waals surface area contributed by atoms with Crippen LogP contribution in [0, 0.1) is 24.5 Å². The van der Waals surface area contributed by atoms with E-state index in [1.165, 1.54) is 19.0 Å². The van der Waals surface area contributed by atoms with Crippen LogP contribution in [-0.4, -0.2) is 83.0 Å². The smallest absolute Gasteiger partial charge is 0.161 e. The molecule has 10 aromatic heterocycles. The Morgan fingerprint density at radius 1 is 0.716 bits per heavy atom. The van der Waals surface area contributed by atoms with Crippen LogP contribution in [0.1, 0.15) is 61.8 Å². The Morgan fingerprint density at radius 2 is 1.38 bits per heavy atom. The number of hydrogen-bond acceptors (Lipinski definition) is 13. The van der Waals surface area contributed by atoms with E-state index in [2.05, 4.69) is 91.3 Å². The number of pyridine rings is 7. The van der Waals surface area contributed by atoms with E-state index in [1.807, 2.05) is 99.8 Å². The second-order valence-corrected chi connectivity index (χ2v) is 18.3. The number of rotatable bonds is 14. The number of benzene rings is 1. The van der Waals surface area contributed by atoms with Gasteiger partial charge in [0.05, 0.1) is 51.4 Å². The van der Waals surface area contributed by atoms with E-state index >= 15 is 8.78 Å². The van der Waals surface area contributed by atoms with E-state index in [0.717, 1.165) is 52.9 Å². The van der Waals surface area contributed by atoms with E-state index < -0.39 is 11.6 Å². The highest BCUT2D eigenvalue weighted by atomic mass is 19.1. The Bertz CT molecular complexity index is 4060. The molecule has 1 fully saturated rings. The summed E-state index contributed by atoms with van der Waals surface area (Å²) in [6, 6.07) is 22.9. The van der Waals surface area contributed by atoms with Gasteiger partial charge in [-0.15, -0.1) is 12.8 Å². The van der Waals surface area contributed by atoms with Gasteiger partial charge in [0, 0.05) is 102 Å². The van der Waals surface area contributed by atoms with Crippen LogP contribution >= 0.6 is 0 Å². The zero-order valence-corrected chi connectivity index (χ0v) is 45.0. The van der Waals surface area contributed by atoms with Gasteiger partial charge in [0.1, 0.15) is 33.9 Å². The number of halogens is 2. The summed E-state index contributed by atoms with van der Waals surface area (Å²) in [5.74, 6) is 0.0190. The summed E-state index contributed by atoms with van der Waals surface area (Å²) >= 11 is 0. The molecule has 16 nitrogen and oxygen atoms in total. The van der Waals surface area contributed by atoms with E-state index in [4.69, 9.17) is 15.7 Å². The molecule has 1 aliphatic rings. The fourth-order valence-corrected chi connectivity index (χ4v) is 9.37. The minimum absolute atomic E-state index is 0.145. The molecule has 0 saturated carbocycles. The number of allylic oxidation sites excluding steroid dienone is 4. The van der Waals surface area contributed by atoms with Crippen LogP contribution in [0.4, 0.5) is 14.5 Å². The molecule has 11 aromatic rings. The van der Waals surface area contributed by atoms with Crippen LogP contribution in [0.15, 0.2) is 172 Å². The van der Waals surface area contributed by atoms with Crippen molar-refractivity contribution in [1.29, 1.82) is 0 Å². The zero-order chi connectivity index (χ0) is 56.8. The molecule has 81 heavy (non-hydrogen) atoms. The van der Waals surface area contributed by atoms with E-state index in [0.29, 0.717) is 78.8 Å². The Hall–Kier alpha value is -10.4. The number of imidazole rings is 2. The number of terminal acetylenes is 1. The number of H-pyrrole nitrogens is 3. The first-order valence-electron chi connectivity index (χ1n) is 26.2. The fourth-order valence-electron chi connectivity index (χ4n) is 9.37. The molecular formula is C63H58F2N16. The average Bonchev–Trinajstić information content (AvgIpc) is 4.38. The Morgan fingerprint density at radius 3 is 2.04 bits per heavy atom. The number of hydrogen-bond donors (Lipinski definition) is 5. The Kier molecular flexibility index (Phi) is 17.7. The minimum Gasteiger partial charge on any atom is -0.397 e. The minimum atomic E-state index is -0.513. The van der Waals surface area contributed by atoms with Crippen LogP contribution in [0.3, 0.4) is 0 Å². The monoisotopic (exact) mass is 1080 g/mol. The van der Waals surface area contributed by atoms with Crippen molar-refractivity contribution in [3.8, 4) is 58.1 Å².